The molecule has 0 atom stereocenters. The van der Waals surface area contributed by atoms with E-state index >= 15 is 0 Å². The number of benzene rings is 3. The van der Waals surface area contributed by atoms with Crippen molar-refractivity contribution in [1.29, 1.82) is 0 Å². The van der Waals surface area contributed by atoms with Gasteiger partial charge in [0.25, 0.3) is 0 Å². The van der Waals surface area contributed by atoms with Crippen LogP contribution in [0.25, 0.3) is 0 Å². The molecule has 3 aromatic carbocycles. The summed E-state index contributed by atoms with van der Waals surface area (Å²) in [5.74, 6) is -0.908. The second-order valence-electron chi connectivity index (χ2n) is 7.75. The van der Waals surface area contributed by atoms with Gasteiger partial charge in [0.05, 0.1) is 29.8 Å². The fraction of sp³-hybridized carbons (Fsp3) is 0.231. The third-order valence-electron chi connectivity index (χ3n) is 5.19. The number of rotatable bonds is 7. The lowest BCUT2D eigenvalue weighted by atomic mass is 9.91. The normalized spacial score (nSPS) is 15.6. The molecule has 0 aromatic heterocycles. The van der Waals surface area contributed by atoms with Crippen LogP contribution in [0.2, 0.25) is 0 Å². The molecule has 4 rings (SSSR count). The topological polar surface area (TPSA) is 71.1 Å². The summed E-state index contributed by atoms with van der Waals surface area (Å²) >= 11 is 0. The van der Waals surface area contributed by atoms with Crippen LogP contribution in [0.5, 0.6) is 0 Å². The van der Waals surface area contributed by atoms with Crippen molar-refractivity contribution in [3.63, 3.8) is 0 Å². The first-order valence-electron chi connectivity index (χ1n) is 10.4. The number of carbonyl (C=O) groups is 2. The van der Waals surface area contributed by atoms with E-state index in [0.717, 1.165) is 5.56 Å². The van der Waals surface area contributed by atoms with Crippen LogP contribution in [-0.4, -0.2) is 38.4 Å². The Morgan fingerprint density at radius 3 is 1.53 bits per heavy atom. The number of ether oxygens (including phenoxy) is 4. The zero-order chi connectivity index (χ0) is 22.2. The van der Waals surface area contributed by atoms with Gasteiger partial charge < -0.3 is 18.9 Å². The summed E-state index contributed by atoms with van der Waals surface area (Å²) in [4.78, 5) is 24.9. The number of hydrogen-bond acceptors (Lipinski definition) is 6. The number of carbonyl (C=O) groups excluding carboxylic acids is 2. The van der Waals surface area contributed by atoms with Crippen molar-refractivity contribution in [3.05, 3.63) is 108 Å². The van der Waals surface area contributed by atoms with Gasteiger partial charge in [0.1, 0.15) is 13.2 Å². The van der Waals surface area contributed by atoms with Crippen LogP contribution in [0.1, 0.15) is 32.6 Å². The highest BCUT2D eigenvalue weighted by Gasteiger charge is 2.40. The Morgan fingerprint density at radius 2 is 1.09 bits per heavy atom. The van der Waals surface area contributed by atoms with Crippen molar-refractivity contribution in [3.8, 4) is 0 Å². The van der Waals surface area contributed by atoms with E-state index in [2.05, 4.69) is 0 Å². The van der Waals surface area contributed by atoms with E-state index < -0.39 is 23.6 Å². The molecule has 3 aromatic rings. The van der Waals surface area contributed by atoms with Crippen LogP contribution in [0.3, 0.4) is 0 Å². The summed E-state index contributed by atoms with van der Waals surface area (Å²) in [6.45, 7) is 0.391. The molecule has 1 fully saturated rings. The summed E-state index contributed by atoms with van der Waals surface area (Å²) in [6, 6.07) is 27.0. The van der Waals surface area contributed by atoms with Gasteiger partial charge in [-0.25, -0.2) is 9.59 Å². The first-order chi connectivity index (χ1) is 15.7. The Balaban J connectivity index is 1.43. The van der Waals surface area contributed by atoms with Crippen molar-refractivity contribution >= 4 is 11.9 Å². The third kappa shape index (κ3) is 5.41. The molecule has 1 aliphatic rings. The second-order valence-corrected chi connectivity index (χ2v) is 7.75. The smallest absolute Gasteiger partial charge is 0.338 e. The van der Waals surface area contributed by atoms with E-state index in [1.807, 2.05) is 42.5 Å². The summed E-state index contributed by atoms with van der Waals surface area (Å²) in [5, 5.41) is 0. The van der Waals surface area contributed by atoms with Gasteiger partial charge in [0.15, 0.2) is 6.29 Å². The lowest BCUT2D eigenvalue weighted by Gasteiger charge is -2.39. The van der Waals surface area contributed by atoms with E-state index in [1.54, 1.807) is 48.5 Å². The van der Waals surface area contributed by atoms with Gasteiger partial charge in [0, 0.05) is 5.56 Å². The molecule has 0 spiro atoms. The summed E-state index contributed by atoms with van der Waals surface area (Å²) in [6.07, 6.45) is -0.529. The van der Waals surface area contributed by atoms with E-state index in [9.17, 15) is 9.59 Å². The minimum atomic E-state index is -0.819. The summed E-state index contributed by atoms with van der Waals surface area (Å²) < 4.78 is 23.0. The van der Waals surface area contributed by atoms with Crippen LogP contribution in [0.15, 0.2) is 91.0 Å². The molecule has 1 aliphatic heterocycles. The first kappa shape index (κ1) is 21.7. The van der Waals surface area contributed by atoms with Gasteiger partial charge in [-0.2, -0.15) is 0 Å². The lowest BCUT2D eigenvalue weighted by Crippen LogP contribution is -2.46. The zero-order valence-electron chi connectivity index (χ0n) is 17.5. The SMILES string of the molecule is O=C(OCC1(COC(=O)c2ccccc2)COC(c2ccccc2)OC1)c1ccccc1. The van der Waals surface area contributed by atoms with Crippen molar-refractivity contribution in [2.45, 2.75) is 6.29 Å². The predicted octanol–water partition coefficient (Wildman–Crippen LogP) is 4.43. The standard InChI is InChI=1S/C26H24O6/c27-23(20-10-4-1-5-11-20)29-16-26(17-30-24(28)21-12-6-2-7-13-21)18-31-25(32-19-26)22-14-8-3-9-15-22/h1-15,25H,16-19H2. The highest BCUT2D eigenvalue weighted by atomic mass is 16.7. The molecular weight excluding hydrogens is 408 g/mol. The number of esters is 2. The van der Waals surface area contributed by atoms with Crippen molar-refractivity contribution in [2.75, 3.05) is 26.4 Å². The fourth-order valence-corrected chi connectivity index (χ4v) is 3.36. The van der Waals surface area contributed by atoms with Gasteiger partial charge in [-0.3, -0.25) is 0 Å². The highest BCUT2D eigenvalue weighted by Crippen LogP contribution is 2.33. The van der Waals surface area contributed by atoms with E-state index in [0.29, 0.717) is 11.1 Å². The largest absolute Gasteiger partial charge is 0.461 e. The lowest BCUT2D eigenvalue weighted by molar-refractivity contribution is -0.247. The second kappa shape index (κ2) is 10.2. The molecule has 0 aliphatic carbocycles. The molecule has 0 bridgehead atoms. The molecule has 6 heteroatoms. The molecule has 0 N–H and O–H groups in total. The Morgan fingerprint density at radius 1 is 0.688 bits per heavy atom. The van der Waals surface area contributed by atoms with Crippen LogP contribution >= 0.6 is 0 Å². The van der Waals surface area contributed by atoms with Crippen LogP contribution in [0.4, 0.5) is 0 Å². The Labute approximate surface area is 186 Å². The third-order valence-corrected chi connectivity index (χ3v) is 5.19. The molecule has 0 radical (unpaired) electrons. The van der Waals surface area contributed by atoms with Crippen molar-refractivity contribution in [2.24, 2.45) is 5.41 Å². The van der Waals surface area contributed by atoms with Crippen molar-refractivity contribution in [1.82, 2.24) is 0 Å². The molecule has 0 amide bonds. The molecular formula is C26H24O6. The van der Waals surface area contributed by atoms with Gasteiger partial charge >= 0.3 is 11.9 Å². The molecule has 6 nitrogen and oxygen atoms in total. The molecule has 164 valence electrons. The van der Waals surface area contributed by atoms with Crippen molar-refractivity contribution < 1.29 is 28.5 Å². The van der Waals surface area contributed by atoms with Crippen LogP contribution < -0.4 is 0 Å². The minimum absolute atomic E-state index is 0.00962. The Kier molecular flexibility index (Phi) is 6.94. The quantitative estimate of drug-likeness (QED) is 0.515. The summed E-state index contributed by atoms with van der Waals surface area (Å²) in [5.41, 5.74) is 0.969. The highest BCUT2D eigenvalue weighted by molar-refractivity contribution is 5.89. The average molecular weight is 432 g/mol. The predicted molar refractivity (Wildman–Crippen MR) is 117 cm³/mol. The number of hydrogen-bond donors (Lipinski definition) is 0. The fourth-order valence-electron chi connectivity index (χ4n) is 3.36. The van der Waals surface area contributed by atoms with E-state index in [4.69, 9.17) is 18.9 Å². The van der Waals surface area contributed by atoms with Gasteiger partial charge in [-0.05, 0) is 24.3 Å². The summed E-state index contributed by atoms with van der Waals surface area (Å²) in [7, 11) is 0. The minimum Gasteiger partial charge on any atom is -0.461 e. The average Bonchev–Trinajstić information content (AvgIpc) is 2.88. The maximum absolute atomic E-state index is 12.5. The molecule has 1 heterocycles. The Hall–Kier alpha value is -3.48. The maximum atomic E-state index is 12.5. The van der Waals surface area contributed by atoms with Gasteiger partial charge in [0.2, 0.25) is 0 Å². The maximum Gasteiger partial charge on any atom is 0.338 e. The van der Waals surface area contributed by atoms with Gasteiger partial charge in [-0.15, -0.1) is 0 Å². The zero-order valence-corrected chi connectivity index (χ0v) is 17.5. The Bertz CT molecular complexity index is 954. The van der Waals surface area contributed by atoms with Crippen LogP contribution in [0, 0.1) is 5.41 Å². The van der Waals surface area contributed by atoms with Gasteiger partial charge in [-0.1, -0.05) is 66.7 Å². The molecule has 0 unspecified atom stereocenters. The molecule has 0 saturated carbocycles. The molecule has 32 heavy (non-hydrogen) atoms. The molecule has 1 saturated heterocycles. The van der Waals surface area contributed by atoms with E-state index in [1.165, 1.54) is 0 Å². The monoisotopic (exact) mass is 432 g/mol. The first-order valence-corrected chi connectivity index (χ1v) is 10.4. The van der Waals surface area contributed by atoms with Crippen LogP contribution in [-0.2, 0) is 18.9 Å². The van der Waals surface area contributed by atoms with E-state index in [-0.39, 0.29) is 26.4 Å².